The van der Waals surface area contributed by atoms with Crippen LogP contribution < -0.4 is 10.2 Å². The second-order valence-electron chi connectivity index (χ2n) is 7.44. The number of carbonyl (C=O) groups excluding carboxylic acids is 2. The van der Waals surface area contributed by atoms with Gasteiger partial charge in [0, 0.05) is 18.8 Å². The van der Waals surface area contributed by atoms with E-state index in [9.17, 15) is 9.59 Å². The number of fused-ring (bicyclic) bond motifs is 2. The number of nitrogens with one attached hydrogen (secondary N) is 1. The first-order chi connectivity index (χ1) is 14.2. The molecule has 2 aromatic heterocycles. The molecular formula is C22H22N4O3. The van der Waals surface area contributed by atoms with Gasteiger partial charge in [0.15, 0.2) is 0 Å². The second kappa shape index (κ2) is 7.24. The zero-order chi connectivity index (χ0) is 19.8. The molecule has 0 atom stereocenters. The molecule has 2 amide bonds. The molecule has 0 bridgehead atoms. The largest absolute Gasteiger partial charge is 0.467 e. The molecule has 3 aromatic rings. The zero-order valence-corrected chi connectivity index (χ0v) is 16.1. The number of amides is 2. The van der Waals surface area contributed by atoms with Crippen molar-refractivity contribution in [2.45, 2.75) is 38.8 Å². The van der Waals surface area contributed by atoms with Gasteiger partial charge in [-0.15, -0.1) is 0 Å². The molecule has 7 heteroatoms. The van der Waals surface area contributed by atoms with Crippen LogP contribution in [0, 0.1) is 0 Å². The molecule has 7 nitrogen and oxygen atoms in total. The number of imidazole rings is 1. The fraction of sp³-hybridized carbons (Fsp3) is 0.318. The summed E-state index contributed by atoms with van der Waals surface area (Å²) in [6.07, 6.45) is 5.13. The Hall–Kier alpha value is -3.35. The summed E-state index contributed by atoms with van der Waals surface area (Å²) in [4.78, 5) is 32.5. The predicted octanol–water partition coefficient (Wildman–Crippen LogP) is 2.95. The van der Waals surface area contributed by atoms with E-state index in [2.05, 4.69) is 16.4 Å². The first-order valence-electron chi connectivity index (χ1n) is 10.0. The Morgan fingerprint density at radius 1 is 1.07 bits per heavy atom. The summed E-state index contributed by atoms with van der Waals surface area (Å²) < 4.78 is 7.21. The van der Waals surface area contributed by atoms with E-state index in [1.807, 2.05) is 28.8 Å². The number of hydrogen-bond acceptors (Lipinski definition) is 4. The van der Waals surface area contributed by atoms with Crippen LogP contribution in [0.4, 0.5) is 5.69 Å². The van der Waals surface area contributed by atoms with Crippen LogP contribution in [-0.4, -0.2) is 27.9 Å². The lowest BCUT2D eigenvalue weighted by Crippen LogP contribution is -2.32. The Morgan fingerprint density at radius 3 is 2.83 bits per heavy atom. The first kappa shape index (κ1) is 17.7. The summed E-state index contributed by atoms with van der Waals surface area (Å²) in [5.74, 6) is 0.632. The highest BCUT2D eigenvalue weighted by Crippen LogP contribution is 2.30. The highest BCUT2D eigenvalue weighted by Gasteiger charge is 2.32. The Kier molecular flexibility index (Phi) is 4.42. The zero-order valence-electron chi connectivity index (χ0n) is 16.1. The molecule has 29 heavy (non-hydrogen) atoms. The van der Waals surface area contributed by atoms with Crippen molar-refractivity contribution in [1.29, 1.82) is 0 Å². The smallest absolute Gasteiger partial charge is 0.294 e. The van der Waals surface area contributed by atoms with Crippen molar-refractivity contribution in [1.82, 2.24) is 14.9 Å². The van der Waals surface area contributed by atoms with Crippen LogP contribution in [0.3, 0.4) is 0 Å². The van der Waals surface area contributed by atoms with Gasteiger partial charge in [-0.1, -0.05) is 18.2 Å². The predicted molar refractivity (Wildman–Crippen MR) is 107 cm³/mol. The third-order valence-corrected chi connectivity index (χ3v) is 5.66. The Balaban J connectivity index is 1.45. The summed E-state index contributed by atoms with van der Waals surface area (Å²) in [6.45, 7) is 1.64. The van der Waals surface area contributed by atoms with E-state index in [4.69, 9.17) is 4.42 Å². The lowest BCUT2D eigenvalue weighted by atomic mass is 10.1. The van der Waals surface area contributed by atoms with E-state index in [0.29, 0.717) is 36.9 Å². The van der Waals surface area contributed by atoms with Crippen LogP contribution in [-0.2, 0) is 25.9 Å². The van der Waals surface area contributed by atoms with Crippen molar-refractivity contribution in [3.8, 4) is 0 Å². The molecular weight excluding hydrogens is 368 g/mol. The minimum absolute atomic E-state index is 0.136. The maximum Gasteiger partial charge on any atom is 0.294 e. The monoisotopic (exact) mass is 390 g/mol. The summed E-state index contributed by atoms with van der Waals surface area (Å²) in [6, 6.07) is 11.5. The first-order valence-corrected chi connectivity index (χ1v) is 10.0. The van der Waals surface area contributed by atoms with Crippen LogP contribution in [0.5, 0.6) is 0 Å². The molecule has 0 spiro atoms. The van der Waals surface area contributed by atoms with Crippen LogP contribution in [0.25, 0.3) is 0 Å². The van der Waals surface area contributed by atoms with E-state index in [1.165, 1.54) is 5.56 Å². The van der Waals surface area contributed by atoms with E-state index >= 15 is 0 Å². The van der Waals surface area contributed by atoms with Gasteiger partial charge in [0.1, 0.15) is 11.5 Å². The highest BCUT2D eigenvalue weighted by molar-refractivity contribution is 6.06. The molecule has 0 saturated heterocycles. The minimum Gasteiger partial charge on any atom is -0.467 e. The van der Waals surface area contributed by atoms with Crippen molar-refractivity contribution < 1.29 is 14.0 Å². The third kappa shape index (κ3) is 3.12. The van der Waals surface area contributed by atoms with Crippen LogP contribution in [0.15, 0.2) is 47.1 Å². The Labute approximate surface area is 168 Å². The number of anilines is 1. The van der Waals surface area contributed by atoms with E-state index in [0.717, 1.165) is 37.1 Å². The van der Waals surface area contributed by atoms with Crippen LogP contribution in [0.2, 0.25) is 0 Å². The van der Waals surface area contributed by atoms with Crippen LogP contribution >= 0.6 is 0 Å². The number of furan rings is 1. The molecule has 0 fully saturated rings. The average Bonchev–Trinajstić information content (AvgIpc) is 3.50. The molecule has 1 N–H and O–H groups in total. The Morgan fingerprint density at radius 2 is 1.97 bits per heavy atom. The van der Waals surface area contributed by atoms with Crippen LogP contribution in [0.1, 0.15) is 51.0 Å². The van der Waals surface area contributed by atoms with E-state index in [1.54, 1.807) is 17.2 Å². The quantitative estimate of drug-likeness (QED) is 0.743. The summed E-state index contributed by atoms with van der Waals surface area (Å²) >= 11 is 0. The van der Waals surface area contributed by atoms with Gasteiger partial charge in [0.05, 0.1) is 18.5 Å². The van der Waals surface area contributed by atoms with E-state index < -0.39 is 0 Å². The topological polar surface area (TPSA) is 80.4 Å². The maximum absolute atomic E-state index is 13.4. The van der Waals surface area contributed by atoms with Crippen molar-refractivity contribution >= 4 is 17.5 Å². The van der Waals surface area contributed by atoms with Gasteiger partial charge in [-0.3, -0.25) is 9.59 Å². The lowest BCUT2D eigenvalue weighted by Gasteiger charge is -2.20. The van der Waals surface area contributed by atoms with Gasteiger partial charge in [-0.2, -0.15) is 0 Å². The van der Waals surface area contributed by atoms with E-state index in [-0.39, 0.29) is 11.8 Å². The average molecular weight is 390 g/mol. The third-order valence-electron chi connectivity index (χ3n) is 5.66. The van der Waals surface area contributed by atoms with Gasteiger partial charge in [0.2, 0.25) is 5.82 Å². The van der Waals surface area contributed by atoms with Gasteiger partial charge < -0.3 is 19.2 Å². The highest BCUT2D eigenvalue weighted by atomic mass is 16.3. The summed E-state index contributed by atoms with van der Waals surface area (Å²) in [7, 11) is 0. The molecule has 148 valence electrons. The molecule has 1 aromatic carbocycles. The molecule has 5 rings (SSSR count). The molecule has 2 aliphatic heterocycles. The minimum atomic E-state index is -0.270. The number of para-hydroxylation sites is 1. The van der Waals surface area contributed by atoms with Crippen molar-refractivity contribution in [2.75, 3.05) is 11.4 Å². The normalized spacial score (nSPS) is 15.1. The second-order valence-corrected chi connectivity index (χ2v) is 7.44. The molecule has 0 unspecified atom stereocenters. The summed E-state index contributed by atoms with van der Waals surface area (Å²) in [5.41, 5.74) is 3.31. The van der Waals surface area contributed by atoms with Gasteiger partial charge in [0.25, 0.3) is 11.8 Å². The number of hydrogen-bond donors (Lipinski definition) is 1. The molecule has 0 saturated carbocycles. The van der Waals surface area contributed by atoms with Crippen molar-refractivity contribution in [2.24, 2.45) is 0 Å². The molecule has 0 aliphatic carbocycles. The van der Waals surface area contributed by atoms with Crippen molar-refractivity contribution in [3.63, 3.8) is 0 Å². The fourth-order valence-corrected chi connectivity index (χ4v) is 4.22. The maximum atomic E-state index is 13.4. The summed E-state index contributed by atoms with van der Waals surface area (Å²) in [5, 5.41) is 2.86. The number of benzene rings is 1. The van der Waals surface area contributed by atoms with Gasteiger partial charge in [-0.25, -0.2) is 4.98 Å². The standard InChI is InChI=1S/C22H22N4O3/c27-21(23-14-16-7-5-13-29-16)19-18-9-3-4-11-25(18)20(24-19)22(28)26-12-10-15-6-1-2-8-17(15)26/h1-2,5-8,13H,3-4,9-12,14H2,(H,23,27). The molecule has 2 aliphatic rings. The molecule has 0 radical (unpaired) electrons. The number of carbonyl (C=O) groups is 2. The van der Waals surface area contributed by atoms with Crippen molar-refractivity contribution in [3.05, 3.63) is 71.2 Å². The number of nitrogens with zero attached hydrogens (tertiary/aromatic N) is 3. The van der Waals surface area contributed by atoms with Gasteiger partial charge >= 0.3 is 0 Å². The SMILES string of the molecule is O=C(NCc1ccco1)c1nc(C(=O)N2CCc3ccccc32)n2c1CCCC2. The number of rotatable bonds is 4. The molecule has 4 heterocycles. The number of aromatic nitrogens is 2. The van der Waals surface area contributed by atoms with Gasteiger partial charge in [-0.05, 0) is 49.4 Å². The lowest BCUT2D eigenvalue weighted by molar-refractivity contribution is 0.0942. The Bertz CT molecular complexity index is 1070. The fourth-order valence-electron chi connectivity index (χ4n) is 4.22.